The summed E-state index contributed by atoms with van der Waals surface area (Å²) in [5.41, 5.74) is 0. The summed E-state index contributed by atoms with van der Waals surface area (Å²) in [6.07, 6.45) is 0. The lowest BCUT2D eigenvalue weighted by molar-refractivity contribution is 0.277. The number of ether oxygens (including phenoxy) is 2. The number of methoxy groups -OCH3 is 2. The maximum atomic E-state index is 4.70. The quantitative estimate of drug-likeness (QED) is 0.531. The standard InChI is InChI=1S/C3H6N2S.2C2H6O/c6-3-4-1-2-5-3;2*1-3-2/h1-2H2,(H2,4,5,6);2*1-2H3. The summed E-state index contributed by atoms with van der Waals surface area (Å²) in [5, 5.41) is 6.67. The fourth-order valence-electron chi connectivity index (χ4n) is 0.415. The molecule has 74 valence electrons. The average Bonchev–Trinajstić information content (AvgIpc) is 2.43. The first-order valence-electron chi connectivity index (χ1n) is 3.54. The van der Waals surface area contributed by atoms with E-state index in [1.807, 2.05) is 0 Å². The van der Waals surface area contributed by atoms with Crippen molar-refractivity contribution < 1.29 is 9.47 Å². The molecule has 1 heterocycles. The molecule has 1 aliphatic rings. The largest absolute Gasteiger partial charge is 0.388 e. The molecule has 12 heavy (non-hydrogen) atoms. The summed E-state index contributed by atoms with van der Waals surface area (Å²) in [7, 11) is 6.50. The highest BCUT2D eigenvalue weighted by atomic mass is 32.1. The molecule has 5 heteroatoms. The van der Waals surface area contributed by atoms with E-state index < -0.39 is 0 Å². The lowest BCUT2D eigenvalue weighted by Crippen LogP contribution is -2.19. The Bertz CT molecular complexity index is 91.4. The van der Waals surface area contributed by atoms with Gasteiger partial charge in [0.15, 0.2) is 5.11 Å². The Hall–Kier alpha value is -0.390. The van der Waals surface area contributed by atoms with Gasteiger partial charge < -0.3 is 20.1 Å². The van der Waals surface area contributed by atoms with Crippen LogP contribution < -0.4 is 10.6 Å². The Morgan fingerprint density at radius 2 is 1.25 bits per heavy atom. The van der Waals surface area contributed by atoms with Gasteiger partial charge in [-0.15, -0.1) is 0 Å². The first-order valence-corrected chi connectivity index (χ1v) is 3.95. The van der Waals surface area contributed by atoms with Crippen molar-refractivity contribution >= 4 is 17.3 Å². The Morgan fingerprint density at radius 3 is 1.33 bits per heavy atom. The second-order valence-corrected chi connectivity index (χ2v) is 2.41. The van der Waals surface area contributed by atoms with Crippen LogP contribution in [-0.2, 0) is 9.47 Å². The van der Waals surface area contributed by atoms with Gasteiger partial charge in [0.05, 0.1) is 0 Å². The van der Waals surface area contributed by atoms with E-state index in [9.17, 15) is 0 Å². The normalized spacial score (nSPS) is 12.8. The van der Waals surface area contributed by atoms with Crippen LogP contribution in [0.3, 0.4) is 0 Å². The van der Waals surface area contributed by atoms with Crippen LogP contribution in [0.5, 0.6) is 0 Å². The number of hydrogen-bond acceptors (Lipinski definition) is 3. The molecule has 0 saturated carbocycles. The summed E-state index contributed by atoms with van der Waals surface area (Å²) in [5.74, 6) is 0. The van der Waals surface area contributed by atoms with Crippen LogP contribution in [0.2, 0.25) is 0 Å². The Kier molecular flexibility index (Phi) is 15.6. The summed E-state index contributed by atoms with van der Waals surface area (Å²) in [4.78, 5) is 0. The van der Waals surface area contributed by atoms with Gasteiger partial charge in [-0.05, 0) is 12.2 Å². The van der Waals surface area contributed by atoms with Crippen LogP contribution in [0, 0.1) is 0 Å². The predicted molar refractivity (Wildman–Crippen MR) is 54.5 cm³/mol. The predicted octanol–water partition coefficient (Wildman–Crippen LogP) is -0.0107. The molecule has 0 aromatic heterocycles. The van der Waals surface area contributed by atoms with Crippen molar-refractivity contribution in [3.8, 4) is 0 Å². The average molecular weight is 194 g/mol. The van der Waals surface area contributed by atoms with E-state index in [1.54, 1.807) is 28.4 Å². The van der Waals surface area contributed by atoms with Crippen molar-refractivity contribution in [3.63, 3.8) is 0 Å². The lowest BCUT2D eigenvalue weighted by Gasteiger charge is -1.85. The maximum Gasteiger partial charge on any atom is 0.166 e. The summed E-state index contributed by atoms with van der Waals surface area (Å²) in [6, 6.07) is 0. The molecule has 0 spiro atoms. The zero-order valence-electron chi connectivity index (χ0n) is 8.14. The SMILES string of the molecule is COC.COC.S=C1NCCN1. The fourth-order valence-corrected chi connectivity index (χ4v) is 0.619. The zero-order chi connectivity index (χ0) is 9.82. The Morgan fingerprint density at radius 1 is 1.00 bits per heavy atom. The summed E-state index contributed by atoms with van der Waals surface area (Å²) in [6.45, 7) is 1.97. The van der Waals surface area contributed by atoms with Gasteiger partial charge in [-0.1, -0.05) is 0 Å². The van der Waals surface area contributed by atoms with E-state index in [0.717, 1.165) is 18.2 Å². The van der Waals surface area contributed by atoms with Gasteiger partial charge in [-0.3, -0.25) is 0 Å². The van der Waals surface area contributed by atoms with E-state index in [4.69, 9.17) is 12.2 Å². The van der Waals surface area contributed by atoms with E-state index in [2.05, 4.69) is 20.1 Å². The molecule has 1 rings (SSSR count). The first-order chi connectivity index (χ1) is 5.72. The third-order valence-corrected chi connectivity index (χ3v) is 0.985. The molecule has 0 bridgehead atoms. The van der Waals surface area contributed by atoms with Gasteiger partial charge in [0.1, 0.15) is 0 Å². The molecule has 1 aliphatic heterocycles. The second-order valence-electron chi connectivity index (χ2n) is 2.00. The van der Waals surface area contributed by atoms with E-state index in [0.29, 0.717) is 0 Å². The fraction of sp³-hybridized carbons (Fsp3) is 0.857. The van der Waals surface area contributed by atoms with E-state index >= 15 is 0 Å². The van der Waals surface area contributed by atoms with Crippen LogP contribution in [0.25, 0.3) is 0 Å². The minimum Gasteiger partial charge on any atom is -0.388 e. The lowest BCUT2D eigenvalue weighted by atomic mass is 10.7. The molecule has 0 radical (unpaired) electrons. The number of nitrogens with one attached hydrogen (secondary N) is 2. The molecule has 0 aromatic carbocycles. The highest BCUT2D eigenvalue weighted by Gasteiger charge is 1.98. The number of rotatable bonds is 0. The first kappa shape index (κ1) is 14.2. The number of hydrogen-bond donors (Lipinski definition) is 2. The van der Waals surface area contributed by atoms with Gasteiger partial charge in [0.2, 0.25) is 0 Å². The van der Waals surface area contributed by atoms with Crippen LogP contribution in [-0.4, -0.2) is 46.6 Å². The molecule has 0 atom stereocenters. The van der Waals surface area contributed by atoms with Crippen molar-refractivity contribution in [3.05, 3.63) is 0 Å². The molecule has 1 fully saturated rings. The molecular formula is C7H18N2O2S. The molecule has 0 aliphatic carbocycles. The van der Waals surface area contributed by atoms with Crippen LogP contribution in [0.4, 0.5) is 0 Å². The minimum absolute atomic E-state index is 0.787. The maximum absolute atomic E-state index is 4.70. The van der Waals surface area contributed by atoms with Crippen molar-refractivity contribution in [1.82, 2.24) is 10.6 Å². The minimum atomic E-state index is 0.787. The molecule has 0 aromatic rings. The van der Waals surface area contributed by atoms with Gasteiger partial charge >= 0.3 is 0 Å². The van der Waals surface area contributed by atoms with E-state index in [-0.39, 0.29) is 0 Å². The topological polar surface area (TPSA) is 42.5 Å². The van der Waals surface area contributed by atoms with E-state index in [1.165, 1.54) is 0 Å². The third-order valence-electron chi connectivity index (χ3n) is 0.696. The summed E-state index contributed by atoms with van der Waals surface area (Å²) < 4.78 is 8.50. The highest BCUT2D eigenvalue weighted by Crippen LogP contribution is 1.71. The van der Waals surface area contributed by atoms with Gasteiger partial charge in [-0.2, -0.15) is 0 Å². The van der Waals surface area contributed by atoms with Gasteiger partial charge in [0.25, 0.3) is 0 Å². The molecule has 2 N–H and O–H groups in total. The third kappa shape index (κ3) is 16.3. The zero-order valence-corrected chi connectivity index (χ0v) is 8.96. The van der Waals surface area contributed by atoms with Crippen LogP contribution in [0.1, 0.15) is 0 Å². The monoisotopic (exact) mass is 194 g/mol. The Balaban J connectivity index is 0. The van der Waals surface area contributed by atoms with Crippen molar-refractivity contribution in [1.29, 1.82) is 0 Å². The van der Waals surface area contributed by atoms with Crippen molar-refractivity contribution in [2.24, 2.45) is 0 Å². The van der Waals surface area contributed by atoms with Crippen molar-refractivity contribution in [2.45, 2.75) is 0 Å². The van der Waals surface area contributed by atoms with Gasteiger partial charge in [-0.25, -0.2) is 0 Å². The second kappa shape index (κ2) is 13.2. The van der Waals surface area contributed by atoms with Crippen LogP contribution >= 0.6 is 12.2 Å². The van der Waals surface area contributed by atoms with Crippen molar-refractivity contribution in [2.75, 3.05) is 41.5 Å². The number of thiocarbonyl (C=S) groups is 1. The van der Waals surface area contributed by atoms with Gasteiger partial charge in [0, 0.05) is 41.5 Å². The summed E-state index contributed by atoms with van der Waals surface area (Å²) >= 11 is 4.70. The van der Waals surface area contributed by atoms with Crippen LogP contribution in [0.15, 0.2) is 0 Å². The molecular weight excluding hydrogens is 176 g/mol. The molecule has 0 unspecified atom stereocenters. The molecule has 0 amide bonds. The molecule has 1 saturated heterocycles. The Labute approximate surface area is 79.6 Å². The highest BCUT2D eigenvalue weighted by molar-refractivity contribution is 7.80. The smallest absolute Gasteiger partial charge is 0.166 e. The molecule has 4 nitrogen and oxygen atoms in total.